The van der Waals surface area contributed by atoms with Gasteiger partial charge in [-0.1, -0.05) is 24.3 Å². The average molecular weight is 258 g/mol. The molecule has 1 heterocycles. The van der Waals surface area contributed by atoms with Gasteiger partial charge in [0.1, 0.15) is 5.82 Å². The lowest BCUT2D eigenvalue weighted by Gasteiger charge is -2.20. The lowest BCUT2D eigenvalue weighted by atomic mass is 9.84. The van der Waals surface area contributed by atoms with E-state index in [-0.39, 0.29) is 0 Å². The third-order valence-electron chi connectivity index (χ3n) is 3.29. The maximum Gasteiger partial charge on any atom is 0.309 e. The average Bonchev–Trinajstić information content (AvgIpc) is 2.75. The minimum absolute atomic E-state index is 0.478. The molecule has 0 bridgehead atoms. The summed E-state index contributed by atoms with van der Waals surface area (Å²) in [5.74, 6) is 0.0685. The van der Waals surface area contributed by atoms with E-state index in [1.54, 1.807) is 20.0 Å². The monoisotopic (exact) mass is 258 g/mol. The molecule has 0 saturated carbocycles. The molecule has 0 aliphatic rings. The Morgan fingerprint density at radius 3 is 2.63 bits per heavy atom. The number of nitrogens with zero attached hydrogens (tertiary/aromatic N) is 2. The van der Waals surface area contributed by atoms with Gasteiger partial charge in [-0.3, -0.25) is 4.79 Å². The molecule has 0 saturated heterocycles. The first-order valence-corrected chi connectivity index (χ1v) is 6.21. The predicted octanol–water partition coefficient (Wildman–Crippen LogP) is 2.74. The molecule has 100 valence electrons. The number of hydrogen-bond donors (Lipinski definition) is 1. The van der Waals surface area contributed by atoms with Gasteiger partial charge in [-0.15, -0.1) is 0 Å². The molecule has 0 aliphatic carbocycles. The van der Waals surface area contributed by atoms with Crippen LogP contribution in [-0.4, -0.2) is 20.6 Å². The number of carbonyl (C=O) groups is 1. The first kappa shape index (κ1) is 13.3. The number of aryl methyl sites for hydroxylation is 1. The molecule has 2 rings (SSSR count). The summed E-state index contributed by atoms with van der Waals surface area (Å²) in [5.41, 5.74) is 1.20. The Kier molecular flexibility index (Phi) is 3.42. The fourth-order valence-electron chi connectivity index (χ4n) is 2.07. The van der Waals surface area contributed by atoms with E-state index in [2.05, 4.69) is 4.98 Å². The molecule has 0 spiro atoms. The Bertz CT molecular complexity index is 600. The molecule has 0 atom stereocenters. The van der Waals surface area contributed by atoms with Crippen LogP contribution in [0.2, 0.25) is 0 Å². The normalized spacial score (nSPS) is 11.5. The maximum atomic E-state index is 11.3. The molecule has 0 radical (unpaired) electrons. The van der Waals surface area contributed by atoms with Gasteiger partial charge in [0.2, 0.25) is 0 Å². The lowest BCUT2D eigenvalue weighted by molar-refractivity contribution is -0.146. The molecular formula is C15H18N2O2. The molecule has 19 heavy (non-hydrogen) atoms. The van der Waals surface area contributed by atoms with E-state index in [1.165, 1.54) is 0 Å². The van der Waals surface area contributed by atoms with Crippen molar-refractivity contribution in [2.75, 3.05) is 0 Å². The van der Waals surface area contributed by atoms with E-state index in [0.717, 1.165) is 17.0 Å². The summed E-state index contributed by atoms with van der Waals surface area (Å²) in [6, 6.07) is 7.82. The number of aliphatic carboxylic acids is 1. The second kappa shape index (κ2) is 4.88. The molecule has 1 N–H and O–H groups in total. The molecule has 0 fully saturated rings. The lowest BCUT2D eigenvalue weighted by Crippen LogP contribution is -2.26. The Morgan fingerprint density at radius 2 is 2.05 bits per heavy atom. The predicted molar refractivity (Wildman–Crippen MR) is 73.8 cm³/mol. The molecular weight excluding hydrogens is 240 g/mol. The highest BCUT2D eigenvalue weighted by Crippen LogP contribution is 2.29. The summed E-state index contributed by atoms with van der Waals surface area (Å²) in [7, 11) is 1.93. The van der Waals surface area contributed by atoms with Crippen LogP contribution in [-0.2, 0) is 18.3 Å². The van der Waals surface area contributed by atoms with Crippen LogP contribution in [0.5, 0.6) is 0 Å². The van der Waals surface area contributed by atoms with E-state index in [1.807, 2.05) is 42.1 Å². The number of imidazole rings is 1. The van der Waals surface area contributed by atoms with Gasteiger partial charge in [-0.2, -0.15) is 0 Å². The van der Waals surface area contributed by atoms with E-state index in [4.69, 9.17) is 0 Å². The number of carboxylic acids is 1. The minimum atomic E-state index is -0.790. The summed E-state index contributed by atoms with van der Waals surface area (Å²) >= 11 is 0. The summed E-state index contributed by atoms with van der Waals surface area (Å²) in [6.07, 6.45) is 4.11. The van der Waals surface area contributed by atoms with Crippen LogP contribution >= 0.6 is 0 Å². The highest BCUT2D eigenvalue weighted by molar-refractivity contribution is 5.75. The topological polar surface area (TPSA) is 55.1 Å². The number of aromatic nitrogens is 2. The number of benzene rings is 1. The van der Waals surface area contributed by atoms with E-state index >= 15 is 0 Å². The molecule has 2 aromatic rings. The van der Waals surface area contributed by atoms with E-state index in [0.29, 0.717) is 6.42 Å². The van der Waals surface area contributed by atoms with Gasteiger partial charge >= 0.3 is 5.97 Å². The highest BCUT2D eigenvalue weighted by atomic mass is 16.4. The fourth-order valence-corrected chi connectivity index (χ4v) is 2.07. The SMILES string of the molecule is Cn1ccnc1-c1ccccc1CC(C)(C)C(=O)O. The zero-order valence-electron chi connectivity index (χ0n) is 11.4. The summed E-state index contributed by atoms with van der Waals surface area (Å²) in [5, 5.41) is 9.26. The van der Waals surface area contributed by atoms with Crippen LogP contribution in [0.1, 0.15) is 19.4 Å². The van der Waals surface area contributed by atoms with Crippen molar-refractivity contribution in [1.29, 1.82) is 0 Å². The van der Waals surface area contributed by atoms with Crippen molar-refractivity contribution < 1.29 is 9.90 Å². The zero-order valence-corrected chi connectivity index (χ0v) is 11.4. The molecule has 4 nitrogen and oxygen atoms in total. The summed E-state index contributed by atoms with van der Waals surface area (Å²) in [4.78, 5) is 15.6. The van der Waals surface area contributed by atoms with Gasteiger partial charge in [-0.25, -0.2) is 4.98 Å². The Balaban J connectivity index is 2.43. The first-order chi connectivity index (χ1) is 8.92. The van der Waals surface area contributed by atoms with Crippen molar-refractivity contribution in [3.8, 4) is 11.4 Å². The van der Waals surface area contributed by atoms with Crippen molar-refractivity contribution in [1.82, 2.24) is 9.55 Å². The largest absolute Gasteiger partial charge is 0.481 e. The van der Waals surface area contributed by atoms with Crippen LogP contribution in [0, 0.1) is 5.41 Å². The standard InChI is InChI=1S/C15H18N2O2/c1-15(2,14(18)19)10-11-6-4-5-7-12(11)13-16-8-9-17(13)3/h4-9H,10H2,1-3H3,(H,18,19). The first-order valence-electron chi connectivity index (χ1n) is 6.21. The van der Waals surface area contributed by atoms with Crippen LogP contribution in [0.25, 0.3) is 11.4 Å². The van der Waals surface area contributed by atoms with Crippen molar-refractivity contribution >= 4 is 5.97 Å². The van der Waals surface area contributed by atoms with Gasteiger partial charge in [0.25, 0.3) is 0 Å². The quantitative estimate of drug-likeness (QED) is 0.917. The van der Waals surface area contributed by atoms with Gasteiger partial charge in [0.05, 0.1) is 5.41 Å². The Labute approximate surface area is 112 Å². The highest BCUT2D eigenvalue weighted by Gasteiger charge is 2.28. The van der Waals surface area contributed by atoms with Gasteiger partial charge in [0.15, 0.2) is 0 Å². The van der Waals surface area contributed by atoms with Gasteiger partial charge in [-0.05, 0) is 25.8 Å². The Morgan fingerprint density at radius 1 is 1.37 bits per heavy atom. The zero-order chi connectivity index (χ0) is 14.0. The fraction of sp³-hybridized carbons (Fsp3) is 0.333. The molecule has 0 amide bonds. The minimum Gasteiger partial charge on any atom is -0.481 e. The van der Waals surface area contributed by atoms with Crippen LogP contribution in [0.15, 0.2) is 36.7 Å². The molecule has 4 heteroatoms. The Hall–Kier alpha value is -2.10. The molecule has 0 aliphatic heterocycles. The smallest absolute Gasteiger partial charge is 0.309 e. The molecule has 1 aromatic carbocycles. The van der Waals surface area contributed by atoms with Gasteiger partial charge in [0, 0.05) is 25.0 Å². The second-order valence-electron chi connectivity index (χ2n) is 5.38. The van der Waals surface area contributed by atoms with Crippen molar-refractivity contribution in [3.63, 3.8) is 0 Å². The van der Waals surface area contributed by atoms with Crippen molar-refractivity contribution in [2.24, 2.45) is 12.5 Å². The number of hydrogen-bond acceptors (Lipinski definition) is 2. The third-order valence-corrected chi connectivity index (χ3v) is 3.29. The van der Waals surface area contributed by atoms with Gasteiger partial charge < -0.3 is 9.67 Å². The van der Waals surface area contributed by atoms with Crippen molar-refractivity contribution in [2.45, 2.75) is 20.3 Å². The summed E-state index contributed by atoms with van der Waals surface area (Å²) in [6.45, 7) is 3.48. The molecule has 0 unspecified atom stereocenters. The van der Waals surface area contributed by atoms with Crippen molar-refractivity contribution in [3.05, 3.63) is 42.2 Å². The van der Waals surface area contributed by atoms with E-state index < -0.39 is 11.4 Å². The van der Waals surface area contributed by atoms with Crippen LogP contribution in [0.4, 0.5) is 0 Å². The number of carboxylic acid groups (broad SMARTS) is 1. The van der Waals surface area contributed by atoms with Crippen LogP contribution < -0.4 is 0 Å². The summed E-state index contributed by atoms with van der Waals surface area (Å²) < 4.78 is 1.94. The van der Waals surface area contributed by atoms with E-state index in [9.17, 15) is 9.90 Å². The second-order valence-corrected chi connectivity index (χ2v) is 5.38. The molecule has 1 aromatic heterocycles. The van der Waals surface area contributed by atoms with Crippen LogP contribution in [0.3, 0.4) is 0 Å². The number of rotatable bonds is 4. The third kappa shape index (κ3) is 2.67. The maximum absolute atomic E-state index is 11.3.